The summed E-state index contributed by atoms with van der Waals surface area (Å²) in [6, 6.07) is 5.10. The maximum atomic E-state index is 11.3. The van der Waals surface area contributed by atoms with E-state index < -0.39 is 12.0 Å². The standard InChI is InChI=1S/C14H20ClNO2/c1-4-8-16(12(5-2)14(17)18)13-7-6-11(15)9-10(13)3/h6-7,9,12H,4-5,8H2,1-3H3,(H,17,18)/t12-/m1/s1. The van der Waals surface area contributed by atoms with Crippen molar-refractivity contribution < 1.29 is 9.90 Å². The van der Waals surface area contributed by atoms with Crippen LogP contribution in [0, 0.1) is 6.92 Å². The Balaban J connectivity index is 3.14. The third-order valence-electron chi connectivity index (χ3n) is 2.98. The summed E-state index contributed by atoms with van der Waals surface area (Å²) in [7, 11) is 0. The maximum absolute atomic E-state index is 11.3. The van der Waals surface area contributed by atoms with E-state index in [4.69, 9.17) is 11.6 Å². The van der Waals surface area contributed by atoms with Crippen LogP contribution in [-0.2, 0) is 4.79 Å². The van der Waals surface area contributed by atoms with Crippen molar-refractivity contribution in [3.63, 3.8) is 0 Å². The lowest BCUT2D eigenvalue weighted by Gasteiger charge is -2.31. The number of rotatable bonds is 6. The summed E-state index contributed by atoms with van der Waals surface area (Å²) in [5.74, 6) is -0.777. The lowest BCUT2D eigenvalue weighted by Crippen LogP contribution is -2.41. The Labute approximate surface area is 113 Å². The zero-order chi connectivity index (χ0) is 13.7. The van der Waals surface area contributed by atoms with Crippen molar-refractivity contribution in [2.45, 2.75) is 39.7 Å². The molecule has 0 amide bonds. The maximum Gasteiger partial charge on any atom is 0.326 e. The molecule has 0 aromatic heterocycles. The Bertz CT molecular complexity index is 420. The van der Waals surface area contributed by atoms with E-state index in [9.17, 15) is 9.90 Å². The summed E-state index contributed by atoms with van der Waals surface area (Å²) in [4.78, 5) is 13.3. The van der Waals surface area contributed by atoms with Gasteiger partial charge in [0.25, 0.3) is 0 Å². The van der Waals surface area contributed by atoms with Gasteiger partial charge >= 0.3 is 5.97 Å². The Morgan fingerprint density at radius 1 is 1.44 bits per heavy atom. The third kappa shape index (κ3) is 3.39. The van der Waals surface area contributed by atoms with Gasteiger partial charge in [0.15, 0.2) is 0 Å². The van der Waals surface area contributed by atoms with Gasteiger partial charge < -0.3 is 10.0 Å². The Morgan fingerprint density at radius 3 is 2.56 bits per heavy atom. The van der Waals surface area contributed by atoms with E-state index >= 15 is 0 Å². The van der Waals surface area contributed by atoms with Crippen molar-refractivity contribution >= 4 is 23.3 Å². The molecule has 3 nitrogen and oxygen atoms in total. The van der Waals surface area contributed by atoms with E-state index in [1.54, 1.807) is 6.07 Å². The van der Waals surface area contributed by atoms with Gasteiger partial charge in [-0.05, 0) is 43.5 Å². The highest BCUT2D eigenvalue weighted by molar-refractivity contribution is 6.30. The molecule has 1 aromatic rings. The van der Waals surface area contributed by atoms with Crippen LogP contribution in [0.1, 0.15) is 32.3 Å². The highest BCUT2D eigenvalue weighted by Gasteiger charge is 2.24. The fourth-order valence-electron chi connectivity index (χ4n) is 2.15. The molecule has 4 heteroatoms. The molecule has 0 saturated heterocycles. The minimum Gasteiger partial charge on any atom is -0.480 e. The van der Waals surface area contributed by atoms with Gasteiger partial charge in [-0.25, -0.2) is 4.79 Å². The van der Waals surface area contributed by atoms with E-state index in [1.807, 2.05) is 37.8 Å². The molecule has 0 spiro atoms. The highest BCUT2D eigenvalue weighted by atomic mass is 35.5. The van der Waals surface area contributed by atoms with Crippen molar-refractivity contribution in [1.29, 1.82) is 0 Å². The molecule has 1 aromatic carbocycles. The number of hydrogen-bond acceptors (Lipinski definition) is 2. The zero-order valence-corrected chi connectivity index (χ0v) is 11.9. The number of anilines is 1. The van der Waals surface area contributed by atoms with Crippen LogP contribution in [0.15, 0.2) is 18.2 Å². The van der Waals surface area contributed by atoms with Crippen LogP contribution >= 0.6 is 11.6 Å². The second kappa shape index (κ2) is 6.64. The normalized spacial score (nSPS) is 12.2. The van der Waals surface area contributed by atoms with Gasteiger partial charge in [0.05, 0.1) is 0 Å². The molecule has 18 heavy (non-hydrogen) atoms. The molecule has 100 valence electrons. The SMILES string of the molecule is CCCN(c1ccc(Cl)cc1C)[C@H](CC)C(=O)O. The van der Waals surface area contributed by atoms with Crippen LogP contribution in [0.5, 0.6) is 0 Å². The monoisotopic (exact) mass is 269 g/mol. The molecule has 0 radical (unpaired) electrons. The van der Waals surface area contributed by atoms with Crippen LogP contribution in [0.25, 0.3) is 0 Å². The molecule has 0 aliphatic heterocycles. The topological polar surface area (TPSA) is 40.5 Å². The van der Waals surface area contributed by atoms with Gasteiger partial charge in [-0.2, -0.15) is 0 Å². The third-order valence-corrected chi connectivity index (χ3v) is 3.22. The first-order valence-corrected chi connectivity index (χ1v) is 6.64. The Morgan fingerprint density at radius 2 is 2.11 bits per heavy atom. The van der Waals surface area contributed by atoms with E-state index in [1.165, 1.54) is 0 Å². The molecule has 0 unspecified atom stereocenters. The highest BCUT2D eigenvalue weighted by Crippen LogP contribution is 2.26. The van der Waals surface area contributed by atoms with Crippen molar-refractivity contribution in [3.05, 3.63) is 28.8 Å². The van der Waals surface area contributed by atoms with Crippen LogP contribution in [-0.4, -0.2) is 23.7 Å². The molecule has 0 bridgehead atoms. The number of carboxylic acid groups (broad SMARTS) is 1. The average Bonchev–Trinajstić information content (AvgIpc) is 2.28. The van der Waals surface area contributed by atoms with Gasteiger partial charge in [-0.3, -0.25) is 0 Å². The molecule has 0 heterocycles. The lowest BCUT2D eigenvalue weighted by atomic mass is 10.1. The second-order valence-electron chi connectivity index (χ2n) is 4.39. The van der Waals surface area contributed by atoms with Gasteiger partial charge in [0.1, 0.15) is 6.04 Å². The van der Waals surface area contributed by atoms with Crippen LogP contribution in [0.4, 0.5) is 5.69 Å². The number of aliphatic carboxylic acids is 1. The first-order valence-electron chi connectivity index (χ1n) is 6.26. The summed E-state index contributed by atoms with van der Waals surface area (Å²) in [6.07, 6.45) is 1.49. The number of carbonyl (C=O) groups is 1. The predicted octanol–water partition coefficient (Wildman–Crippen LogP) is 3.73. The first kappa shape index (κ1) is 14.8. The van der Waals surface area contributed by atoms with Crippen molar-refractivity contribution in [2.75, 3.05) is 11.4 Å². The van der Waals surface area contributed by atoms with Crippen molar-refractivity contribution in [1.82, 2.24) is 0 Å². The van der Waals surface area contributed by atoms with Crippen LogP contribution in [0.3, 0.4) is 0 Å². The Kier molecular flexibility index (Phi) is 5.48. The molecule has 0 fully saturated rings. The fourth-order valence-corrected chi connectivity index (χ4v) is 2.38. The van der Waals surface area contributed by atoms with Gasteiger partial charge in [-0.15, -0.1) is 0 Å². The van der Waals surface area contributed by atoms with E-state index in [2.05, 4.69) is 0 Å². The summed E-state index contributed by atoms with van der Waals surface area (Å²) in [5, 5.41) is 9.99. The number of aryl methyl sites for hydroxylation is 1. The van der Waals surface area contributed by atoms with E-state index in [0.29, 0.717) is 11.4 Å². The smallest absolute Gasteiger partial charge is 0.326 e. The van der Waals surface area contributed by atoms with Crippen molar-refractivity contribution in [2.24, 2.45) is 0 Å². The van der Waals surface area contributed by atoms with Crippen LogP contribution < -0.4 is 4.90 Å². The Hall–Kier alpha value is -1.22. The largest absolute Gasteiger partial charge is 0.480 e. The molecular weight excluding hydrogens is 250 g/mol. The van der Waals surface area contributed by atoms with E-state index in [0.717, 1.165) is 24.2 Å². The number of carboxylic acids is 1. The zero-order valence-electron chi connectivity index (χ0n) is 11.1. The molecule has 1 rings (SSSR count). The molecule has 0 aliphatic carbocycles. The minimum atomic E-state index is -0.777. The lowest BCUT2D eigenvalue weighted by molar-refractivity contribution is -0.138. The van der Waals surface area contributed by atoms with Gasteiger partial charge in [0, 0.05) is 17.3 Å². The molecule has 0 saturated carbocycles. The van der Waals surface area contributed by atoms with Crippen LogP contribution in [0.2, 0.25) is 5.02 Å². The number of nitrogens with zero attached hydrogens (tertiary/aromatic N) is 1. The number of benzene rings is 1. The predicted molar refractivity (Wildman–Crippen MR) is 75.5 cm³/mol. The quantitative estimate of drug-likeness (QED) is 0.855. The average molecular weight is 270 g/mol. The summed E-state index contributed by atoms with van der Waals surface area (Å²) < 4.78 is 0. The minimum absolute atomic E-state index is 0.482. The number of hydrogen-bond donors (Lipinski definition) is 1. The molecule has 1 N–H and O–H groups in total. The summed E-state index contributed by atoms with van der Waals surface area (Å²) in [6.45, 7) is 6.63. The van der Waals surface area contributed by atoms with Gasteiger partial charge in [0.2, 0.25) is 0 Å². The molecular formula is C14H20ClNO2. The molecule has 0 aliphatic rings. The molecule has 1 atom stereocenters. The fraction of sp³-hybridized carbons (Fsp3) is 0.500. The summed E-state index contributed by atoms with van der Waals surface area (Å²) in [5.41, 5.74) is 1.96. The summed E-state index contributed by atoms with van der Waals surface area (Å²) >= 11 is 5.94. The van der Waals surface area contributed by atoms with Crippen molar-refractivity contribution in [3.8, 4) is 0 Å². The number of halogens is 1. The second-order valence-corrected chi connectivity index (χ2v) is 4.82. The first-order chi connectivity index (χ1) is 8.51. The van der Waals surface area contributed by atoms with Gasteiger partial charge in [-0.1, -0.05) is 25.4 Å². The van der Waals surface area contributed by atoms with E-state index in [-0.39, 0.29) is 0 Å².